The van der Waals surface area contributed by atoms with Crippen LogP contribution >= 0.6 is 0 Å². The van der Waals surface area contributed by atoms with Crippen molar-refractivity contribution in [1.82, 2.24) is 4.98 Å². The summed E-state index contributed by atoms with van der Waals surface area (Å²) in [5.41, 5.74) is 2.61. The van der Waals surface area contributed by atoms with Gasteiger partial charge in [0.15, 0.2) is 5.78 Å². The van der Waals surface area contributed by atoms with Crippen molar-refractivity contribution in [2.24, 2.45) is 10.9 Å². The normalized spacial score (nSPS) is 22.7. The van der Waals surface area contributed by atoms with Crippen LogP contribution in [0.1, 0.15) is 5.56 Å². The predicted octanol–water partition coefficient (Wildman–Crippen LogP) is 2.45. The third-order valence-corrected chi connectivity index (χ3v) is 3.56. The van der Waals surface area contributed by atoms with Gasteiger partial charge in [-0.1, -0.05) is 18.2 Å². The number of aliphatic imine (C=N–C) groups is 1. The molecule has 1 aromatic heterocycles. The molecular weight excluding hydrogens is 276 g/mol. The van der Waals surface area contributed by atoms with Gasteiger partial charge >= 0.3 is 0 Å². The van der Waals surface area contributed by atoms with Gasteiger partial charge in [0.2, 0.25) is 0 Å². The fourth-order valence-corrected chi connectivity index (χ4v) is 2.47. The zero-order chi connectivity index (χ0) is 15.2. The summed E-state index contributed by atoms with van der Waals surface area (Å²) in [5, 5.41) is 0. The number of aromatic nitrogens is 1. The van der Waals surface area contributed by atoms with Gasteiger partial charge in [0.1, 0.15) is 0 Å². The molecule has 22 heavy (non-hydrogen) atoms. The summed E-state index contributed by atoms with van der Waals surface area (Å²) < 4.78 is 5.60. The van der Waals surface area contributed by atoms with Crippen LogP contribution in [0.25, 0.3) is 0 Å². The molecule has 0 N–H and O–H groups in total. The fourth-order valence-electron chi connectivity index (χ4n) is 2.47. The maximum atomic E-state index is 12.6. The zero-order valence-corrected chi connectivity index (χ0v) is 12.1. The minimum atomic E-state index is -0.152. The summed E-state index contributed by atoms with van der Waals surface area (Å²) in [7, 11) is 0. The van der Waals surface area contributed by atoms with Crippen LogP contribution in [0, 0.1) is 5.92 Å². The number of allylic oxidation sites excluding steroid dienone is 5. The third-order valence-electron chi connectivity index (χ3n) is 3.56. The van der Waals surface area contributed by atoms with Gasteiger partial charge in [0, 0.05) is 30.1 Å². The molecule has 2 aliphatic rings. The van der Waals surface area contributed by atoms with Crippen molar-refractivity contribution in [1.29, 1.82) is 0 Å². The van der Waals surface area contributed by atoms with Crippen molar-refractivity contribution in [2.45, 2.75) is 6.42 Å². The number of hydrogen-bond donors (Lipinski definition) is 0. The summed E-state index contributed by atoms with van der Waals surface area (Å²) in [4.78, 5) is 20.7. The van der Waals surface area contributed by atoms with Crippen molar-refractivity contribution in [3.8, 4) is 0 Å². The van der Waals surface area contributed by atoms with Gasteiger partial charge in [-0.3, -0.25) is 9.78 Å². The molecule has 0 radical (unpaired) electrons. The molecule has 110 valence electrons. The molecule has 4 nitrogen and oxygen atoms in total. The summed E-state index contributed by atoms with van der Waals surface area (Å²) in [6.45, 7) is 0.810. The maximum Gasteiger partial charge on any atom is 0.166 e. The van der Waals surface area contributed by atoms with E-state index in [4.69, 9.17) is 4.74 Å². The second-order valence-corrected chi connectivity index (χ2v) is 5.22. The van der Waals surface area contributed by atoms with Gasteiger partial charge in [-0.25, -0.2) is 4.99 Å². The second kappa shape index (κ2) is 6.94. The quantitative estimate of drug-likeness (QED) is 0.804. The van der Waals surface area contributed by atoms with Crippen molar-refractivity contribution >= 4 is 11.7 Å². The van der Waals surface area contributed by atoms with Gasteiger partial charge in [-0.15, -0.1) is 0 Å². The molecule has 1 aromatic rings. The van der Waals surface area contributed by atoms with E-state index in [1.165, 1.54) is 0 Å². The zero-order valence-electron chi connectivity index (χ0n) is 12.1. The molecule has 0 spiro atoms. The van der Waals surface area contributed by atoms with Crippen molar-refractivity contribution in [3.05, 3.63) is 71.7 Å². The highest BCUT2D eigenvalue weighted by atomic mass is 16.5. The van der Waals surface area contributed by atoms with Gasteiger partial charge in [0.25, 0.3) is 0 Å². The lowest BCUT2D eigenvalue weighted by Gasteiger charge is -2.23. The number of ketones is 1. The van der Waals surface area contributed by atoms with Gasteiger partial charge in [-0.2, -0.15) is 0 Å². The average Bonchev–Trinajstić information content (AvgIpc) is 2.81. The van der Waals surface area contributed by atoms with E-state index in [0.717, 1.165) is 11.1 Å². The molecule has 2 aliphatic heterocycles. The monoisotopic (exact) mass is 292 g/mol. The Morgan fingerprint density at radius 3 is 3.27 bits per heavy atom. The van der Waals surface area contributed by atoms with E-state index in [-0.39, 0.29) is 11.7 Å². The van der Waals surface area contributed by atoms with Crippen LogP contribution < -0.4 is 0 Å². The topological polar surface area (TPSA) is 51.5 Å². The highest BCUT2D eigenvalue weighted by Gasteiger charge is 2.27. The average molecular weight is 292 g/mol. The fraction of sp³-hybridized carbons (Fsp3) is 0.222. The Balaban J connectivity index is 1.75. The summed E-state index contributed by atoms with van der Waals surface area (Å²) in [6, 6.07) is 3.86. The number of carbonyl (C=O) groups excluding carboxylic acids is 1. The van der Waals surface area contributed by atoms with E-state index in [9.17, 15) is 4.79 Å². The first-order chi connectivity index (χ1) is 10.8. The van der Waals surface area contributed by atoms with Crippen molar-refractivity contribution in [3.63, 3.8) is 0 Å². The molecule has 1 fully saturated rings. The Morgan fingerprint density at radius 1 is 1.45 bits per heavy atom. The molecule has 4 heteroatoms. The molecule has 1 unspecified atom stereocenters. The summed E-state index contributed by atoms with van der Waals surface area (Å²) in [5.74, 6) is 2.74. The van der Waals surface area contributed by atoms with Gasteiger partial charge < -0.3 is 4.74 Å². The molecular formula is C18H16N2O2. The second-order valence-electron chi connectivity index (χ2n) is 5.22. The number of hydrogen-bond acceptors (Lipinski definition) is 4. The predicted molar refractivity (Wildman–Crippen MR) is 84.6 cm³/mol. The Hall–Kier alpha value is -2.55. The third kappa shape index (κ3) is 3.55. The number of Topliss-reactive ketones (excluding diaryl/α,β-unsaturated/α-hetero) is 1. The van der Waals surface area contributed by atoms with Gasteiger partial charge in [-0.05, 0) is 41.6 Å². The number of rotatable bonds is 3. The number of nitrogens with zero attached hydrogens (tertiary/aromatic N) is 2. The molecule has 3 rings (SSSR count). The van der Waals surface area contributed by atoms with Crippen LogP contribution in [0.4, 0.5) is 0 Å². The van der Waals surface area contributed by atoms with E-state index in [2.05, 4.69) is 15.8 Å². The van der Waals surface area contributed by atoms with Crippen LogP contribution in [-0.2, 0) is 16.0 Å². The van der Waals surface area contributed by atoms with Crippen LogP contribution in [0.15, 0.2) is 71.2 Å². The standard InChI is InChI=1S/C18H16N2O2/c21-18-16(8-14-4-1-2-6-19-10-14)12-22-13-17(18)9-15-5-3-7-20-11-15/h1-5,7-8,10-11,17H,9,12-13H2/b16-8+. The van der Waals surface area contributed by atoms with Crippen LogP contribution in [-0.4, -0.2) is 29.9 Å². The lowest BCUT2D eigenvalue weighted by atomic mass is 9.90. The lowest BCUT2D eigenvalue weighted by Crippen LogP contribution is -2.31. The Kier molecular flexibility index (Phi) is 4.54. The van der Waals surface area contributed by atoms with Crippen LogP contribution in [0.2, 0.25) is 0 Å². The molecule has 0 saturated carbocycles. The summed E-state index contributed by atoms with van der Waals surface area (Å²) in [6.07, 6.45) is 13.2. The molecule has 0 aliphatic carbocycles. The van der Waals surface area contributed by atoms with Crippen molar-refractivity contribution in [2.75, 3.05) is 13.2 Å². The first kappa shape index (κ1) is 14.4. The largest absolute Gasteiger partial charge is 0.376 e. The number of ether oxygens (including phenoxy) is 1. The van der Waals surface area contributed by atoms with Crippen LogP contribution in [0.5, 0.6) is 0 Å². The molecule has 0 amide bonds. The Bertz CT molecular complexity index is 708. The summed E-state index contributed by atoms with van der Waals surface area (Å²) >= 11 is 0. The molecule has 1 saturated heterocycles. The highest BCUT2D eigenvalue weighted by Crippen LogP contribution is 2.21. The van der Waals surface area contributed by atoms with E-state index >= 15 is 0 Å². The Labute approximate surface area is 129 Å². The molecule has 3 heterocycles. The smallest absolute Gasteiger partial charge is 0.166 e. The molecule has 1 atom stereocenters. The Morgan fingerprint density at radius 2 is 2.41 bits per heavy atom. The SMILES string of the molecule is O=C1/C(=C/C2=CN=C=CC=C2)COCC1Cc1cccnc1. The van der Waals surface area contributed by atoms with E-state index < -0.39 is 0 Å². The minimum absolute atomic E-state index is 0.144. The van der Waals surface area contributed by atoms with E-state index in [1.807, 2.05) is 30.4 Å². The maximum absolute atomic E-state index is 12.6. The van der Waals surface area contributed by atoms with Crippen LogP contribution in [0.3, 0.4) is 0 Å². The highest BCUT2D eigenvalue weighted by molar-refractivity contribution is 5.98. The number of pyridine rings is 1. The minimum Gasteiger partial charge on any atom is -0.376 e. The molecule has 0 bridgehead atoms. The molecule has 0 aromatic carbocycles. The van der Waals surface area contributed by atoms with E-state index in [1.54, 1.807) is 24.7 Å². The number of carbonyl (C=O) groups is 1. The van der Waals surface area contributed by atoms with Crippen molar-refractivity contribution < 1.29 is 9.53 Å². The first-order valence-electron chi connectivity index (χ1n) is 7.20. The van der Waals surface area contributed by atoms with E-state index in [0.29, 0.717) is 25.2 Å². The van der Waals surface area contributed by atoms with Gasteiger partial charge in [0.05, 0.1) is 13.2 Å². The lowest BCUT2D eigenvalue weighted by molar-refractivity contribution is -0.124. The first-order valence-corrected chi connectivity index (χ1v) is 7.20.